The maximum Gasteiger partial charge on any atom is 0.298 e. The van der Waals surface area contributed by atoms with E-state index < -0.39 is 10.0 Å². The van der Waals surface area contributed by atoms with Crippen LogP contribution in [0.25, 0.3) is 0 Å². The molecule has 0 atom stereocenters. The molecule has 6 nitrogen and oxygen atoms in total. The van der Waals surface area contributed by atoms with Crippen LogP contribution in [-0.2, 0) is 15.8 Å². The third-order valence-electron chi connectivity index (χ3n) is 3.62. The number of thioether (sulfide) groups is 1. The van der Waals surface area contributed by atoms with E-state index in [1.165, 1.54) is 11.8 Å². The Balaban J connectivity index is 1.75. The lowest BCUT2D eigenvalue weighted by Gasteiger charge is -2.15. The molecule has 10 heteroatoms. The summed E-state index contributed by atoms with van der Waals surface area (Å²) in [5, 5.41) is -0.0569. The first-order valence-electron chi connectivity index (χ1n) is 7.64. The SMILES string of the molecule is N/C(=N\S(=O)(=O)c1sc(SCc2ccccc2)nc1Cl)N1CCCC1. The number of hydrogen-bond acceptors (Lipinski definition) is 5. The molecule has 2 heterocycles. The Morgan fingerprint density at radius 2 is 2.00 bits per heavy atom. The molecular formula is C15H17ClN4O2S3. The summed E-state index contributed by atoms with van der Waals surface area (Å²) in [6.45, 7) is 1.44. The van der Waals surface area contributed by atoms with E-state index in [4.69, 9.17) is 17.3 Å². The van der Waals surface area contributed by atoms with E-state index in [2.05, 4.69) is 9.38 Å². The van der Waals surface area contributed by atoms with Gasteiger partial charge in [-0.25, -0.2) is 4.98 Å². The van der Waals surface area contributed by atoms with E-state index in [1.807, 2.05) is 30.3 Å². The average molecular weight is 417 g/mol. The van der Waals surface area contributed by atoms with Crippen LogP contribution >= 0.6 is 34.7 Å². The van der Waals surface area contributed by atoms with Crippen molar-refractivity contribution in [3.63, 3.8) is 0 Å². The van der Waals surface area contributed by atoms with Crippen LogP contribution in [0.15, 0.2) is 43.3 Å². The summed E-state index contributed by atoms with van der Waals surface area (Å²) in [6, 6.07) is 9.86. The molecule has 0 saturated carbocycles. The van der Waals surface area contributed by atoms with Gasteiger partial charge in [0.1, 0.15) is 0 Å². The summed E-state index contributed by atoms with van der Waals surface area (Å²) >= 11 is 8.50. The molecule has 1 saturated heterocycles. The maximum atomic E-state index is 12.5. The van der Waals surface area contributed by atoms with Gasteiger partial charge in [-0.05, 0) is 18.4 Å². The normalized spacial score (nSPS) is 15.7. The molecule has 0 bridgehead atoms. The number of rotatable bonds is 5. The Morgan fingerprint density at radius 1 is 1.32 bits per heavy atom. The Bertz CT molecular complexity index is 862. The summed E-state index contributed by atoms with van der Waals surface area (Å²) in [7, 11) is -3.96. The van der Waals surface area contributed by atoms with Crippen LogP contribution in [0.4, 0.5) is 0 Å². The Labute approximate surface area is 160 Å². The first-order chi connectivity index (χ1) is 12.0. The molecule has 2 aromatic rings. The largest absolute Gasteiger partial charge is 0.369 e. The summed E-state index contributed by atoms with van der Waals surface area (Å²) in [6.07, 6.45) is 1.97. The zero-order valence-corrected chi connectivity index (χ0v) is 16.5. The van der Waals surface area contributed by atoms with E-state index in [1.54, 1.807) is 4.90 Å². The van der Waals surface area contributed by atoms with Gasteiger partial charge in [-0.15, -0.1) is 4.40 Å². The van der Waals surface area contributed by atoms with Crippen molar-refractivity contribution in [1.82, 2.24) is 9.88 Å². The zero-order valence-electron chi connectivity index (χ0n) is 13.3. The molecule has 3 rings (SSSR count). The van der Waals surface area contributed by atoms with Crippen molar-refractivity contribution in [1.29, 1.82) is 0 Å². The minimum absolute atomic E-state index is 0.0143. The molecule has 0 aliphatic carbocycles. The highest BCUT2D eigenvalue weighted by atomic mass is 35.5. The number of guanidine groups is 1. The molecular weight excluding hydrogens is 400 g/mol. The lowest BCUT2D eigenvalue weighted by atomic mass is 10.2. The second kappa shape index (κ2) is 7.94. The standard InChI is InChI=1S/C15H17ClN4O2S3/c16-12-13(25(21,22)19-14(17)20-8-4-5-9-20)24-15(18-12)23-10-11-6-2-1-3-7-11/h1-3,6-7H,4-5,8-10H2,(H2,17,19). The summed E-state index contributed by atoms with van der Waals surface area (Å²) < 4.78 is 29.2. The third kappa shape index (κ3) is 4.66. The summed E-state index contributed by atoms with van der Waals surface area (Å²) in [5.41, 5.74) is 6.95. The molecule has 134 valence electrons. The minimum atomic E-state index is -3.96. The first-order valence-corrected chi connectivity index (χ1v) is 11.3. The van der Waals surface area contributed by atoms with E-state index in [0.717, 1.165) is 42.8 Å². The Hall–Kier alpha value is -1.29. The first kappa shape index (κ1) is 18.5. The highest BCUT2D eigenvalue weighted by Gasteiger charge is 2.25. The van der Waals surface area contributed by atoms with E-state index in [-0.39, 0.29) is 15.3 Å². The molecule has 25 heavy (non-hydrogen) atoms. The summed E-state index contributed by atoms with van der Waals surface area (Å²) in [4.78, 5) is 5.90. The monoisotopic (exact) mass is 416 g/mol. The van der Waals surface area contributed by atoms with Crippen molar-refractivity contribution in [2.75, 3.05) is 13.1 Å². The number of thiazole rings is 1. The van der Waals surface area contributed by atoms with Crippen molar-refractivity contribution >= 4 is 50.7 Å². The van der Waals surface area contributed by atoms with Gasteiger partial charge in [-0.2, -0.15) is 8.42 Å². The van der Waals surface area contributed by atoms with Crippen LogP contribution in [0.2, 0.25) is 5.15 Å². The van der Waals surface area contributed by atoms with Crippen LogP contribution in [0.1, 0.15) is 18.4 Å². The van der Waals surface area contributed by atoms with Crippen molar-refractivity contribution in [2.24, 2.45) is 10.1 Å². The predicted molar refractivity (Wildman–Crippen MR) is 103 cm³/mol. The van der Waals surface area contributed by atoms with E-state index >= 15 is 0 Å². The van der Waals surface area contributed by atoms with Gasteiger partial charge in [0.15, 0.2) is 13.7 Å². The van der Waals surface area contributed by atoms with Crippen molar-refractivity contribution < 1.29 is 8.42 Å². The van der Waals surface area contributed by atoms with Gasteiger partial charge in [0, 0.05) is 18.8 Å². The number of likely N-dealkylation sites (tertiary alicyclic amines) is 1. The second-order valence-electron chi connectivity index (χ2n) is 5.45. The third-order valence-corrected chi connectivity index (χ3v) is 8.15. The second-order valence-corrected chi connectivity index (χ2v) is 9.83. The summed E-state index contributed by atoms with van der Waals surface area (Å²) in [5.74, 6) is 0.698. The molecule has 1 aromatic carbocycles. The quantitative estimate of drug-likeness (QED) is 0.457. The molecule has 0 spiro atoms. The van der Waals surface area contributed by atoms with Gasteiger partial charge >= 0.3 is 0 Å². The topological polar surface area (TPSA) is 88.6 Å². The molecule has 0 radical (unpaired) electrons. The molecule has 1 aliphatic heterocycles. The number of sulfonamides is 1. The predicted octanol–water partition coefficient (Wildman–Crippen LogP) is 3.19. The number of nitrogens with zero attached hydrogens (tertiary/aromatic N) is 3. The van der Waals surface area contributed by atoms with Crippen LogP contribution in [0.5, 0.6) is 0 Å². The van der Waals surface area contributed by atoms with Gasteiger partial charge in [0.05, 0.1) is 0 Å². The minimum Gasteiger partial charge on any atom is -0.369 e. The van der Waals surface area contributed by atoms with Crippen molar-refractivity contribution in [3.8, 4) is 0 Å². The van der Waals surface area contributed by atoms with Crippen molar-refractivity contribution in [3.05, 3.63) is 41.0 Å². The van der Waals surface area contributed by atoms with Crippen LogP contribution in [0, 0.1) is 0 Å². The van der Waals surface area contributed by atoms with Gasteiger partial charge in [-0.3, -0.25) is 0 Å². The number of hydrogen-bond donors (Lipinski definition) is 1. The number of benzene rings is 1. The number of nitrogens with two attached hydrogens (primary N) is 1. The lowest BCUT2D eigenvalue weighted by Crippen LogP contribution is -2.35. The number of aromatic nitrogens is 1. The zero-order chi connectivity index (χ0) is 17.9. The highest BCUT2D eigenvalue weighted by molar-refractivity contribution is 8.00. The fourth-order valence-electron chi connectivity index (χ4n) is 2.38. The van der Waals surface area contributed by atoms with Crippen LogP contribution in [0.3, 0.4) is 0 Å². The fourth-order valence-corrected chi connectivity index (χ4v) is 6.33. The Kier molecular flexibility index (Phi) is 5.88. The van der Waals surface area contributed by atoms with E-state index in [0.29, 0.717) is 10.1 Å². The lowest BCUT2D eigenvalue weighted by molar-refractivity contribution is 0.513. The maximum absolute atomic E-state index is 12.5. The molecule has 0 amide bonds. The average Bonchev–Trinajstić information content (AvgIpc) is 3.23. The number of halogens is 1. The Morgan fingerprint density at radius 3 is 2.68 bits per heavy atom. The molecule has 0 unspecified atom stereocenters. The van der Waals surface area contributed by atoms with Crippen LogP contribution in [-0.4, -0.2) is 37.4 Å². The molecule has 1 aromatic heterocycles. The fraction of sp³-hybridized carbons (Fsp3) is 0.333. The van der Waals surface area contributed by atoms with E-state index in [9.17, 15) is 8.42 Å². The van der Waals surface area contributed by atoms with Gasteiger partial charge in [0.2, 0.25) is 5.96 Å². The van der Waals surface area contributed by atoms with Gasteiger partial charge in [0.25, 0.3) is 10.0 Å². The van der Waals surface area contributed by atoms with Gasteiger partial charge < -0.3 is 10.6 Å². The highest BCUT2D eigenvalue weighted by Crippen LogP contribution is 2.36. The molecule has 1 aliphatic rings. The molecule has 2 N–H and O–H groups in total. The van der Waals surface area contributed by atoms with Crippen LogP contribution < -0.4 is 5.73 Å². The van der Waals surface area contributed by atoms with Crippen molar-refractivity contribution in [2.45, 2.75) is 27.1 Å². The smallest absolute Gasteiger partial charge is 0.298 e. The molecule has 1 fully saturated rings. The van der Waals surface area contributed by atoms with Gasteiger partial charge in [-0.1, -0.05) is 65.0 Å².